The van der Waals surface area contributed by atoms with Crippen molar-refractivity contribution in [3.8, 4) is 0 Å². The number of aromatic carboxylic acids is 1. The summed E-state index contributed by atoms with van der Waals surface area (Å²) in [5, 5.41) is 8.91. The number of nitrogens with zero attached hydrogens (tertiary/aromatic N) is 1. The van der Waals surface area contributed by atoms with Crippen molar-refractivity contribution in [3.63, 3.8) is 0 Å². The summed E-state index contributed by atoms with van der Waals surface area (Å²) >= 11 is 0. The van der Waals surface area contributed by atoms with Gasteiger partial charge in [-0.15, -0.1) is 0 Å². The second-order valence-corrected chi connectivity index (χ2v) is 6.01. The van der Waals surface area contributed by atoms with Gasteiger partial charge in [0.25, 0.3) is 0 Å². The zero-order chi connectivity index (χ0) is 15.6. The lowest BCUT2D eigenvalue weighted by Crippen LogP contribution is -2.31. The Morgan fingerprint density at radius 2 is 1.85 bits per heavy atom. The Kier molecular flexibility index (Phi) is 4.77. The zero-order valence-corrected chi connectivity index (χ0v) is 11.2. The standard InChI is InChI=1S/C11H12F3NO4S/c1-15(7-6-11(12,13)14)20(18,19)9-5-3-2-4-8(9)10(16)17/h2-5H,6-7H2,1H3,(H,16,17). The zero-order valence-electron chi connectivity index (χ0n) is 10.4. The third-order valence-electron chi connectivity index (χ3n) is 2.52. The van der Waals surface area contributed by atoms with E-state index >= 15 is 0 Å². The van der Waals surface area contributed by atoms with Crippen molar-refractivity contribution in [3.05, 3.63) is 29.8 Å². The van der Waals surface area contributed by atoms with Gasteiger partial charge in [0.2, 0.25) is 10.0 Å². The fraction of sp³-hybridized carbons (Fsp3) is 0.364. The molecule has 0 saturated heterocycles. The first-order valence-electron chi connectivity index (χ1n) is 5.41. The third kappa shape index (κ3) is 3.94. The summed E-state index contributed by atoms with van der Waals surface area (Å²) in [5.74, 6) is -1.46. The van der Waals surface area contributed by atoms with Gasteiger partial charge in [-0.2, -0.15) is 13.2 Å². The fourth-order valence-electron chi connectivity index (χ4n) is 1.44. The quantitative estimate of drug-likeness (QED) is 0.902. The van der Waals surface area contributed by atoms with E-state index in [4.69, 9.17) is 5.11 Å². The lowest BCUT2D eigenvalue weighted by atomic mass is 10.2. The maximum absolute atomic E-state index is 12.1. The van der Waals surface area contributed by atoms with Gasteiger partial charge < -0.3 is 5.11 Å². The molecule has 0 fully saturated rings. The topological polar surface area (TPSA) is 74.7 Å². The van der Waals surface area contributed by atoms with Crippen LogP contribution in [0.3, 0.4) is 0 Å². The first-order chi connectivity index (χ1) is 9.05. The highest BCUT2D eigenvalue weighted by atomic mass is 32.2. The Bertz CT molecular complexity index is 598. The average Bonchev–Trinajstić information content (AvgIpc) is 2.34. The second-order valence-electron chi connectivity index (χ2n) is 3.99. The van der Waals surface area contributed by atoms with Gasteiger partial charge in [-0.1, -0.05) is 12.1 Å². The first-order valence-corrected chi connectivity index (χ1v) is 6.85. The lowest BCUT2D eigenvalue weighted by molar-refractivity contribution is -0.135. The van der Waals surface area contributed by atoms with Crippen molar-refractivity contribution in [1.29, 1.82) is 0 Å². The Morgan fingerprint density at radius 3 is 2.35 bits per heavy atom. The lowest BCUT2D eigenvalue weighted by Gasteiger charge is -2.19. The number of rotatable bonds is 5. The van der Waals surface area contributed by atoms with Gasteiger partial charge in [-0.3, -0.25) is 0 Å². The molecule has 9 heteroatoms. The third-order valence-corrected chi connectivity index (χ3v) is 4.43. The molecule has 1 aromatic carbocycles. The Hall–Kier alpha value is -1.61. The summed E-state index contributed by atoms with van der Waals surface area (Å²) in [6.45, 7) is -0.778. The van der Waals surface area contributed by atoms with Crippen LogP contribution < -0.4 is 0 Å². The van der Waals surface area contributed by atoms with Gasteiger partial charge in [0.05, 0.1) is 16.9 Å². The van der Waals surface area contributed by atoms with Gasteiger partial charge in [-0.05, 0) is 12.1 Å². The number of hydrogen-bond acceptors (Lipinski definition) is 3. The summed E-state index contributed by atoms with van der Waals surface area (Å²) in [5.41, 5.74) is -0.480. The van der Waals surface area contributed by atoms with Gasteiger partial charge in [0, 0.05) is 13.6 Å². The monoisotopic (exact) mass is 311 g/mol. The highest BCUT2D eigenvalue weighted by Crippen LogP contribution is 2.23. The molecule has 0 heterocycles. The largest absolute Gasteiger partial charge is 0.478 e. The molecule has 0 amide bonds. The van der Waals surface area contributed by atoms with Crippen molar-refractivity contribution in [2.45, 2.75) is 17.5 Å². The van der Waals surface area contributed by atoms with Crippen LogP contribution in [0.1, 0.15) is 16.8 Å². The normalized spacial score (nSPS) is 12.7. The molecule has 0 atom stereocenters. The predicted molar refractivity (Wildman–Crippen MR) is 63.9 cm³/mol. The van der Waals surface area contributed by atoms with Crippen molar-refractivity contribution in [2.75, 3.05) is 13.6 Å². The minimum atomic E-state index is -4.49. The van der Waals surface area contributed by atoms with Gasteiger partial charge >= 0.3 is 12.1 Å². The molecule has 1 N–H and O–H groups in total. The van der Waals surface area contributed by atoms with Crippen LogP contribution in [0.15, 0.2) is 29.2 Å². The van der Waals surface area contributed by atoms with Gasteiger partial charge in [0.15, 0.2) is 0 Å². The molecule has 0 aliphatic rings. The van der Waals surface area contributed by atoms with E-state index in [1.165, 1.54) is 12.1 Å². The van der Waals surface area contributed by atoms with Crippen LogP contribution >= 0.6 is 0 Å². The maximum atomic E-state index is 12.1. The van der Waals surface area contributed by atoms with Gasteiger partial charge in [-0.25, -0.2) is 17.5 Å². The summed E-state index contributed by atoms with van der Waals surface area (Å²) in [6.07, 6.45) is -5.80. The molecule has 5 nitrogen and oxygen atoms in total. The molecular weight excluding hydrogens is 299 g/mol. The van der Waals surface area contributed by atoms with Crippen LogP contribution in [-0.2, 0) is 10.0 Å². The number of carboxylic acid groups (broad SMARTS) is 1. The van der Waals surface area contributed by atoms with E-state index in [-0.39, 0.29) is 0 Å². The van der Waals surface area contributed by atoms with E-state index in [0.29, 0.717) is 4.31 Å². The smallest absolute Gasteiger partial charge is 0.390 e. The number of carboxylic acids is 1. The summed E-state index contributed by atoms with van der Waals surface area (Å²) in [6, 6.07) is 4.75. The van der Waals surface area contributed by atoms with E-state index in [9.17, 15) is 26.4 Å². The molecule has 20 heavy (non-hydrogen) atoms. The number of benzene rings is 1. The molecule has 0 saturated carbocycles. The van der Waals surface area contributed by atoms with E-state index in [1.54, 1.807) is 0 Å². The average molecular weight is 311 g/mol. The number of carbonyl (C=O) groups is 1. The molecule has 1 rings (SSSR count). The van der Waals surface area contributed by atoms with Crippen LogP contribution in [0.4, 0.5) is 13.2 Å². The molecule has 0 aliphatic carbocycles. The Balaban J connectivity index is 3.08. The Labute approximate surface area is 113 Å². The van der Waals surface area contributed by atoms with E-state index in [1.807, 2.05) is 0 Å². The van der Waals surface area contributed by atoms with Crippen LogP contribution in [0, 0.1) is 0 Å². The maximum Gasteiger partial charge on any atom is 0.390 e. The minimum absolute atomic E-state index is 0.480. The van der Waals surface area contributed by atoms with Crippen molar-refractivity contribution < 1.29 is 31.5 Å². The fourth-order valence-corrected chi connectivity index (χ4v) is 2.79. The van der Waals surface area contributed by atoms with Crippen LogP contribution in [-0.4, -0.2) is 43.6 Å². The van der Waals surface area contributed by atoms with E-state index in [0.717, 1.165) is 19.2 Å². The number of sulfonamides is 1. The summed E-state index contributed by atoms with van der Waals surface area (Å²) in [7, 11) is -3.31. The van der Waals surface area contributed by atoms with Crippen molar-refractivity contribution in [1.82, 2.24) is 4.31 Å². The molecule has 112 valence electrons. The predicted octanol–water partition coefficient (Wildman–Crippen LogP) is 1.96. The SMILES string of the molecule is CN(CCC(F)(F)F)S(=O)(=O)c1ccccc1C(=O)O. The molecule has 0 bridgehead atoms. The molecule has 1 aromatic rings. The molecule has 0 aromatic heterocycles. The van der Waals surface area contributed by atoms with Gasteiger partial charge in [0.1, 0.15) is 0 Å². The number of halogens is 3. The molecule has 0 unspecified atom stereocenters. The number of hydrogen-bond donors (Lipinski definition) is 1. The summed E-state index contributed by atoms with van der Waals surface area (Å²) in [4.78, 5) is 10.4. The second kappa shape index (κ2) is 5.80. The highest BCUT2D eigenvalue weighted by Gasteiger charge is 2.31. The molecule has 0 spiro atoms. The number of alkyl halides is 3. The van der Waals surface area contributed by atoms with Crippen LogP contribution in [0.2, 0.25) is 0 Å². The minimum Gasteiger partial charge on any atom is -0.478 e. The van der Waals surface area contributed by atoms with Crippen LogP contribution in [0.25, 0.3) is 0 Å². The Morgan fingerprint density at radius 1 is 1.30 bits per heavy atom. The highest BCUT2D eigenvalue weighted by molar-refractivity contribution is 7.89. The van der Waals surface area contributed by atoms with Crippen molar-refractivity contribution >= 4 is 16.0 Å². The molecule has 0 radical (unpaired) electrons. The summed E-state index contributed by atoms with van der Waals surface area (Å²) < 4.78 is 60.9. The molecular formula is C11H12F3NO4S. The first kappa shape index (κ1) is 16.4. The molecule has 0 aliphatic heterocycles. The van der Waals surface area contributed by atoms with Crippen molar-refractivity contribution in [2.24, 2.45) is 0 Å². The van der Waals surface area contributed by atoms with Crippen LogP contribution in [0.5, 0.6) is 0 Å². The van der Waals surface area contributed by atoms with E-state index < -0.39 is 45.6 Å². The van der Waals surface area contributed by atoms with E-state index in [2.05, 4.69) is 0 Å².